The summed E-state index contributed by atoms with van der Waals surface area (Å²) in [6.45, 7) is 8.36. The number of benzene rings is 1. The van der Waals surface area contributed by atoms with E-state index in [4.69, 9.17) is 0 Å². The highest BCUT2D eigenvalue weighted by atomic mass is 19.3. The van der Waals surface area contributed by atoms with Gasteiger partial charge in [-0.15, -0.1) is 0 Å². The molecule has 30 heavy (non-hydrogen) atoms. The molecule has 0 aromatic heterocycles. The summed E-state index contributed by atoms with van der Waals surface area (Å²) in [6.07, 6.45) is 1.14. The largest absolute Gasteiger partial charge is 0.350 e. The standard InChI is InChI=1S/C22H27F4N3O/c1-5-28-29-18(20-16(23)7-6-8-17(20)24)11-15-14(13(2)3)9-10-22(15,4)21(30)27-12-19(25)26/h5-8,11,13-15,19H,1,9-10,12H2,2-4H3,(H,27,30)/b18-11-,29-28-/t14-,15?,22-/m0/s1. The van der Waals surface area contributed by atoms with E-state index < -0.39 is 41.8 Å². The second-order valence-electron chi connectivity index (χ2n) is 8.04. The third-order valence-electron chi connectivity index (χ3n) is 5.79. The van der Waals surface area contributed by atoms with Gasteiger partial charge in [-0.1, -0.05) is 39.5 Å². The van der Waals surface area contributed by atoms with Gasteiger partial charge in [-0.25, -0.2) is 17.6 Å². The molecule has 1 N–H and O–H groups in total. The third-order valence-corrected chi connectivity index (χ3v) is 5.79. The fraction of sp³-hybridized carbons (Fsp3) is 0.500. The first-order valence-corrected chi connectivity index (χ1v) is 9.86. The van der Waals surface area contributed by atoms with Crippen molar-refractivity contribution in [3.63, 3.8) is 0 Å². The summed E-state index contributed by atoms with van der Waals surface area (Å²) < 4.78 is 54.1. The van der Waals surface area contributed by atoms with Crippen LogP contribution in [-0.2, 0) is 4.79 Å². The zero-order chi connectivity index (χ0) is 22.5. The summed E-state index contributed by atoms with van der Waals surface area (Å²) in [5.74, 6) is -2.47. The minimum atomic E-state index is -2.67. The lowest BCUT2D eigenvalue weighted by molar-refractivity contribution is -0.132. The lowest BCUT2D eigenvalue weighted by Crippen LogP contribution is -2.44. The van der Waals surface area contributed by atoms with E-state index in [2.05, 4.69) is 22.1 Å². The Hall–Kier alpha value is -2.51. The molecule has 1 saturated carbocycles. The molecule has 0 radical (unpaired) electrons. The van der Waals surface area contributed by atoms with Crippen LogP contribution >= 0.6 is 0 Å². The topological polar surface area (TPSA) is 53.8 Å². The zero-order valence-corrected chi connectivity index (χ0v) is 17.3. The summed E-state index contributed by atoms with van der Waals surface area (Å²) in [6, 6.07) is 3.46. The highest BCUT2D eigenvalue weighted by molar-refractivity contribution is 5.84. The number of amides is 1. The van der Waals surface area contributed by atoms with Gasteiger partial charge in [0, 0.05) is 6.20 Å². The molecule has 0 saturated heterocycles. The monoisotopic (exact) mass is 425 g/mol. The van der Waals surface area contributed by atoms with E-state index in [-0.39, 0.29) is 23.1 Å². The molecule has 1 aliphatic carbocycles. The second kappa shape index (κ2) is 10.00. The molecule has 0 aliphatic heterocycles. The van der Waals surface area contributed by atoms with Crippen LogP contribution < -0.4 is 5.32 Å². The average molecular weight is 425 g/mol. The van der Waals surface area contributed by atoms with Gasteiger partial charge in [0.2, 0.25) is 5.91 Å². The van der Waals surface area contributed by atoms with E-state index in [1.807, 2.05) is 13.8 Å². The van der Waals surface area contributed by atoms with Gasteiger partial charge in [0.15, 0.2) is 0 Å². The molecule has 1 fully saturated rings. The van der Waals surface area contributed by atoms with Crippen molar-refractivity contribution in [2.24, 2.45) is 33.4 Å². The highest BCUT2D eigenvalue weighted by Crippen LogP contribution is 2.51. The van der Waals surface area contributed by atoms with Gasteiger partial charge in [0.05, 0.1) is 23.2 Å². The number of hydrogen-bond donors (Lipinski definition) is 1. The molecule has 2 rings (SSSR count). The van der Waals surface area contributed by atoms with Crippen molar-refractivity contribution in [1.29, 1.82) is 0 Å². The van der Waals surface area contributed by atoms with E-state index >= 15 is 0 Å². The molecule has 1 aromatic carbocycles. The number of carbonyl (C=O) groups is 1. The summed E-state index contributed by atoms with van der Waals surface area (Å²) in [5.41, 5.74) is -1.44. The lowest BCUT2D eigenvalue weighted by Gasteiger charge is -2.32. The Morgan fingerprint density at radius 3 is 2.50 bits per heavy atom. The molecule has 0 spiro atoms. The molecule has 4 nitrogen and oxygen atoms in total. The molecule has 0 heterocycles. The predicted molar refractivity (Wildman–Crippen MR) is 108 cm³/mol. The quantitative estimate of drug-likeness (QED) is 0.405. The Labute approximate surface area is 174 Å². The first-order chi connectivity index (χ1) is 14.1. The zero-order valence-electron chi connectivity index (χ0n) is 17.3. The van der Waals surface area contributed by atoms with E-state index in [0.29, 0.717) is 12.8 Å². The van der Waals surface area contributed by atoms with Crippen LogP contribution in [0.4, 0.5) is 17.6 Å². The molecule has 1 unspecified atom stereocenters. The second-order valence-corrected chi connectivity index (χ2v) is 8.04. The van der Waals surface area contributed by atoms with Gasteiger partial charge >= 0.3 is 0 Å². The number of rotatable bonds is 8. The van der Waals surface area contributed by atoms with Crippen molar-refractivity contribution >= 4 is 11.6 Å². The van der Waals surface area contributed by atoms with E-state index in [0.717, 1.165) is 18.3 Å². The number of azo groups is 1. The van der Waals surface area contributed by atoms with Crippen molar-refractivity contribution in [3.8, 4) is 0 Å². The minimum absolute atomic E-state index is 0.00364. The molecule has 164 valence electrons. The number of carbonyl (C=O) groups excluding carboxylic acids is 1. The van der Waals surface area contributed by atoms with Crippen LogP contribution in [0.3, 0.4) is 0 Å². The van der Waals surface area contributed by atoms with Gasteiger partial charge in [-0.05, 0) is 42.7 Å². The third kappa shape index (κ3) is 5.15. The number of allylic oxidation sites excluding steroid dienone is 1. The van der Waals surface area contributed by atoms with Gasteiger partial charge in [-0.3, -0.25) is 4.79 Å². The van der Waals surface area contributed by atoms with Crippen LogP contribution in [0.5, 0.6) is 0 Å². The van der Waals surface area contributed by atoms with E-state index in [1.54, 1.807) is 13.0 Å². The smallest absolute Gasteiger partial charge is 0.255 e. The van der Waals surface area contributed by atoms with Crippen LogP contribution in [0, 0.1) is 34.8 Å². The average Bonchev–Trinajstić information content (AvgIpc) is 3.01. The molecule has 1 aromatic rings. The van der Waals surface area contributed by atoms with Crippen molar-refractivity contribution in [2.45, 2.75) is 40.0 Å². The van der Waals surface area contributed by atoms with Gasteiger partial charge in [0.1, 0.15) is 11.6 Å². The van der Waals surface area contributed by atoms with Crippen molar-refractivity contribution in [1.82, 2.24) is 5.32 Å². The van der Waals surface area contributed by atoms with Crippen molar-refractivity contribution in [2.75, 3.05) is 6.54 Å². The van der Waals surface area contributed by atoms with Crippen LogP contribution in [-0.4, -0.2) is 18.9 Å². The SMILES string of the molecule is C=C/N=N\C(=C/C1[C@H](C(C)C)CC[C@]1(C)C(=O)NCC(F)F)c1c(F)cccc1F. The fourth-order valence-corrected chi connectivity index (χ4v) is 4.16. The van der Waals surface area contributed by atoms with Gasteiger partial charge in [-0.2, -0.15) is 10.2 Å². The summed E-state index contributed by atoms with van der Waals surface area (Å²) >= 11 is 0. The van der Waals surface area contributed by atoms with Crippen LogP contribution in [0.2, 0.25) is 0 Å². The number of nitrogens with zero attached hydrogens (tertiary/aromatic N) is 2. The Morgan fingerprint density at radius 2 is 1.97 bits per heavy atom. The highest BCUT2D eigenvalue weighted by Gasteiger charge is 2.50. The van der Waals surface area contributed by atoms with Crippen molar-refractivity contribution in [3.05, 3.63) is 54.3 Å². The Kier molecular flexibility index (Phi) is 7.92. The van der Waals surface area contributed by atoms with Gasteiger partial charge in [0.25, 0.3) is 6.43 Å². The molecular weight excluding hydrogens is 398 g/mol. The molecule has 8 heteroatoms. The predicted octanol–water partition coefficient (Wildman–Crippen LogP) is 5.97. The first-order valence-electron chi connectivity index (χ1n) is 9.86. The van der Waals surface area contributed by atoms with Crippen molar-refractivity contribution < 1.29 is 22.4 Å². The maximum atomic E-state index is 14.4. The number of alkyl halides is 2. The molecule has 3 atom stereocenters. The normalized spacial score (nSPS) is 24.8. The fourth-order valence-electron chi connectivity index (χ4n) is 4.16. The number of halogens is 4. The minimum Gasteiger partial charge on any atom is -0.350 e. The maximum Gasteiger partial charge on any atom is 0.255 e. The number of hydrogen-bond acceptors (Lipinski definition) is 3. The first kappa shape index (κ1) is 23.8. The lowest BCUT2D eigenvalue weighted by atomic mass is 9.73. The van der Waals surface area contributed by atoms with Crippen LogP contribution in [0.25, 0.3) is 5.70 Å². The van der Waals surface area contributed by atoms with Gasteiger partial charge < -0.3 is 5.32 Å². The van der Waals surface area contributed by atoms with E-state index in [9.17, 15) is 22.4 Å². The summed E-state index contributed by atoms with van der Waals surface area (Å²) in [7, 11) is 0. The van der Waals surface area contributed by atoms with E-state index in [1.165, 1.54) is 6.07 Å². The summed E-state index contributed by atoms with van der Waals surface area (Å²) in [5, 5.41) is 9.91. The Morgan fingerprint density at radius 1 is 1.33 bits per heavy atom. The summed E-state index contributed by atoms with van der Waals surface area (Å²) in [4.78, 5) is 12.8. The maximum absolute atomic E-state index is 14.4. The van der Waals surface area contributed by atoms with Crippen LogP contribution in [0.15, 0.2) is 47.3 Å². The number of nitrogens with one attached hydrogen (secondary N) is 1. The molecular formula is C22H27F4N3O. The Balaban J connectivity index is 2.58. The van der Waals surface area contributed by atoms with Crippen LogP contribution in [0.1, 0.15) is 39.2 Å². The molecule has 1 amide bonds. The molecule has 0 bridgehead atoms. The Bertz CT molecular complexity index is 817. The molecule has 1 aliphatic rings.